The van der Waals surface area contributed by atoms with Gasteiger partial charge in [-0.05, 0) is 37.1 Å². The van der Waals surface area contributed by atoms with Crippen molar-refractivity contribution in [3.63, 3.8) is 0 Å². The van der Waals surface area contributed by atoms with Gasteiger partial charge in [0, 0.05) is 29.0 Å². The van der Waals surface area contributed by atoms with Gasteiger partial charge in [-0.15, -0.1) is 11.8 Å². The van der Waals surface area contributed by atoms with Crippen LogP contribution in [0.1, 0.15) is 31.2 Å². The zero-order chi connectivity index (χ0) is 10.7. The lowest BCUT2D eigenvalue weighted by molar-refractivity contribution is 0.693. The van der Waals surface area contributed by atoms with Gasteiger partial charge in [-0.3, -0.25) is 0 Å². The molecule has 0 radical (unpaired) electrons. The van der Waals surface area contributed by atoms with E-state index in [2.05, 4.69) is 51.3 Å². The van der Waals surface area contributed by atoms with E-state index in [1.54, 1.807) is 0 Å². The molecule has 0 amide bonds. The second-order valence-electron chi connectivity index (χ2n) is 3.77. The van der Waals surface area contributed by atoms with E-state index in [-0.39, 0.29) is 0 Å². The van der Waals surface area contributed by atoms with Crippen LogP contribution in [0.3, 0.4) is 0 Å². The molecular formula is C13H14BrN. The summed E-state index contributed by atoms with van der Waals surface area (Å²) in [6.45, 7) is 2.95. The van der Waals surface area contributed by atoms with E-state index in [9.17, 15) is 0 Å². The molecule has 2 heteroatoms. The Hall–Kier alpha value is -0.940. The number of rotatable bonds is 2. The van der Waals surface area contributed by atoms with E-state index < -0.39 is 0 Å². The Labute approximate surface area is 99.4 Å². The van der Waals surface area contributed by atoms with Crippen LogP contribution in [0.2, 0.25) is 0 Å². The summed E-state index contributed by atoms with van der Waals surface area (Å²) in [7, 11) is 0. The number of halogens is 1. The van der Waals surface area contributed by atoms with Crippen LogP contribution in [0, 0.1) is 11.8 Å². The fourth-order valence-corrected chi connectivity index (χ4v) is 2.38. The molecule has 0 saturated heterocycles. The molecular weight excluding hydrogens is 250 g/mol. The molecule has 1 aliphatic rings. The lowest BCUT2D eigenvalue weighted by Gasteiger charge is -2.07. The Morgan fingerprint density at radius 1 is 1.53 bits per heavy atom. The van der Waals surface area contributed by atoms with E-state index in [1.165, 1.54) is 11.3 Å². The fraction of sp³-hybridized carbons (Fsp3) is 0.385. The third-order valence-electron chi connectivity index (χ3n) is 2.79. The quantitative estimate of drug-likeness (QED) is 0.802. The molecule has 0 spiro atoms. The van der Waals surface area contributed by atoms with Crippen LogP contribution in [-0.4, -0.2) is 6.54 Å². The number of anilines is 1. The number of hydrogen-bond acceptors (Lipinski definition) is 1. The SMILES string of the molecule is CC#CCCC1CNc2ccc(Br)cc21. The first-order valence-electron chi connectivity index (χ1n) is 5.24. The van der Waals surface area contributed by atoms with E-state index in [0.29, 0.717) is 5.92 Å². The highest BCUT2D eigenvalue weighted by atomic mass is 79.9. The molecule has 0 aromatic heterocycles. The van der Waals surface area contributed by atoms with Crippen LogP contribution in [-0.2, 0) is 0 Å². The second kappa shape index (κ2) is 4.72. The minimum absolute atomic E-state index is 0.623. The van der Waals surface area contributed by atoms with E-state index in [1.807, 2.05) is 6.92 Å². The van der Waals surface area contributed by atoms with Gasteiger partial charge in [0.25, 0.3) is 0 Å². The predicted octanol–water partition coefficient (Wildman–Crippen LogP) is 3.76. The van der Waals surface area contributed by atoms with Crippen molar-refractivity contribution in [1.82, 2.24) is 0 Å². The summed E-state index contributed by atoms with van der Waals surface area (Å²) in [5.41, 5.74) is 2.72. The van der Waals surface area contributed by atoms with Gasteiger partial charge in [-0.2, -0.15) is 0 Å². The van der Waals surface area contributed by atoms with Gasteiger partial charge < -0.3 is 5.32 Å². The Balaban J connectivity index is 2.12. The maximum absolute atomic E-state index is 3.52. The van der Waals surface area contributed by atoms with Crippen LogP contribution < -0.4 is 5.32 Å². The minimum atomic E-state index is 0.623. The third kappa shape index (κ3) is 2.35. The van der Waals surface area contributed by atoms with Gasteiger partial charge in [0.2, 0.25) is 0 Å². The number of fused-ring (bicyclic) bond motifs is 1. The fourth-order valence-electron chi connectivity index (χ4n) is 2.00. The van der Waals surface area contributed by atoms with Crippen molar-refractivity contribution in [2.24, 2.45) is 0 Å². The van der Waals surface area contributed by atoms with Crippen molar-refractivity contribution in [2.75, 3.05) is 11.9 Å². The van der Waals surface area contributed by atoms with Gasteiger partial charge >= 0.3 is 0 Å². The largest absolute Gasteiger partial charge is 0.384 e. The van der Waals surface area contributed by atoms with Crippen molar-refractivity contribution < 1.29 is 0 Å². The van der Waals surface area contributed by atoms with Crippen molar-refractivity contribution in [1.29, 1.82) is 0 Å². The second-order valence-corrected chi connectivity index (χ2v) is 4.69. The smallest absolute Gasteiger partial charge is 0.0377 e. The summed E-state index contributed by atoms with van der Waals surface area (Å²) in [6, 6.07) is 6.45. The van der Waals surface area contributed by atoms with Gasteiger partial charge in [-0.25, -0.2) is 0 Å². The van der Waals surface area contributed by atoms with Crippen molar-refractivity contribution >= 4 is 21.6 Å². The lowest BCUT2D eigenvalue weighted by atomic mass is 9.96. The summed E-state index contributed by atoms with van der Waals surface area (Å²) in [5.74, 6) is 6.70. The first-order chi connectivity index (χ1) is 7.31. The topological polar surface area (TPSA) is 12.0 Å². The lowest BCUT2D eigenvalue weighted by Crippen LogP contribution is -2.01. The molecule has 0 bridgehead atoms. The average molecular weight is 264 g/mol. The molecule has 1 atom stereocenters. The zero-order valence-corrected chi connectivity index (χ0v) is 10.4. The standard InChI is InChI=1S/C13H14BrN/c1-2-3-4-5-10-9-15-13-7-6-11(14)8-12(10)13/h6-8,10,15H,4-5,9H2,1H3. The predicted molar refractivity (Wildman–Crippen MR) is 68.1 cm³/mol. The van der Waals surface area contributed by atoms with Gasteiger partial charge in [-0.1, -0.05) is 15.9 Å². The molecule has 78 valence electrons. The summed E-state index contributed by atoms with van der Waals surface area (Å²) < 4.78 is 1.16. The first kappa shape index (κ1) is 10.6. The molecule has 1 heterocycles. The summed E-state index contributed by atoms with van der Waals surface area (Å²) in [4.78, 5) is 0. The highest BCUT2D eigenvalue weighted by molar-refractivity contribution is 9.10. The number of nitrogens with one attached hydrogen (secondary N) is 1. The van der Waals surface area contributed by atoms with Crippen LogP contribution in [0.15, 0.2) is 22.7 Å². The molecule has 1 aromatic carbocycles. The molecule has 0 aliphatic carbocycles. The monoisotopic (exact) mass is 263 g/mol. The van der Waals surface area contributed by atoms with Crippen molar-refractivity contribution in [3.8, 4) is 11.8 Å². The highest BCUT2D eigenvalue weighted by Crippen LogP contribution is 2.35. The van der Waals surface area contributed by atoms with E-state index in [4.69, 9.17) is 0 Å². The minimum Gasteiger partial charge on any atom is -0.384 e. The molecule has 2 rings (SSSR count). The van der Waals surface area contributed by atoms with Crippen LogP contribution in [0.25, 0.3) is 0 Å². The maximum Gasteiger partial charge on any atom is 0.0377 e. The maximum atomic E-state index is 3.52. The Kier molecular flexibility index (Phi) is 3.33. The Morgan fingerprint density at radius 2 is 2.40 bits per heavy atom. The van der Waals surface area contributed by atoms with Gasteiger partial charge in [0.1, 0.15) is 0 Å². The average Bonchev–Trinajstić information content (AvgIpc) is 2.62. The van der Waals surface area contributed by atoms with Crippen molar-refractivity contribution in [3.05, 3.63) is 28.2 Å². The first-order valence-corrected chi connectivity index (χ1v) is 6.03. The van der Waals surface area contributed by atoms with Gasteiger partial charge in [0.15, 0.2) is 0 Å². The van der Waals surface area contributed by atoms with Gasteiger partial charge in [0.05, 0.1) is 0 Å². The Bertz CT molecular complexity index is 414. The summed E-state index contributed by atoms with van der Waals surface area (Å²) in [6.07, 6.45) is 2.14. The summed E-state index contributed by atoms with van der Waals surface area (Å²) >= 11 is 3.52. The third-order valence-corrected chi connectivity index (χ3v) is 3.28. The molecule has 1 N–H and O–H groups in total. The molecule has 1 aliphatic heterocycles. The van der Waals surface area contributed by atoms with Crippen LogP contribution in [0.4, 0.5) is 5.69 Å². The normalized spacial score (nSPS) is 17.6. The molecule has 1 nitrogen and oxygen atoms in total. The molecule has 1 aromatic rings. The van der Waals surface area contributed by atoms with Crippen LogP contribution in [0.5, 0.6) is 0 Å². The number of hydrogen-bond donors (Lipinski definition) is 1. The number of benzene rings is 1. The van der Waals surface area contributed by atoms with Crippen molar-refractivity contribution in [2.45, 2.75) is 25.7 Å². The Morgan fingerprint density at radius 3 is 3.20 bits per heavy atom. The van der Waals surface area contributed by atoms with E-state index >= 15 is 0 Å². The molecule has 0 fully saturated rings. The zero-order valence-electron chi connectivity index (χ0n) is 8.81. The summed E-state index contributed by atoms with van der Waals surface area (Å²) in [5, 5.41) is 3.44. The molecule has 0 saturated carbocycles. The van der Waals surface area contributed by atoms with E-state index in [0.717, 1.165) is 23.9 Å². The molecule has 15 heavy (non-hydrogen) atoms. The highest BCUT2D eigenvalue weighted by Gasteiger charge is 2.21. The molecule has 1 unspecified atom stereocenters. The van der Waals surface area contributed by atoms with Crippen LogP contribution >= 0.6 is 15.9 Å².